The molecule has 0 aromatic heterocycles. The fourth-order valence-electron chi connectivity index (χ4n) is 1.64. The van der Waals surface area contributed by atoms with Gasteiger partial charge in [0.05, 0.1) is 6.61 Å². The second-order valence-corrected chi connectivity index (χ2v) is 4.75. The Balaban J connectivity index is 2.56. The number of ether oxygens (including phenoxy) is 2. The van der Waals surface area contributed by atoms with Gasteiger partial charge in [-0.15, -0.1) is 0 Å². The number of nitrogens with one attached hydrogen (secondary N) is 1. The van der Waals surface area contributed by atoms with Crippen molar-refractivity contribution in [2.24, 2.45) is 0 Å². The van der Waals surface area contributed by atoms with Gasteiger partial charge in [-0.05, 0) is 26.0 Å². The van der Waals surface area contributed by atoms with Gasteiger partial charge in [0.1, 0.15) is 18.4 Å². The molecule has 1 aromatic rings. The molecule has 0 spiro atoms. The third-order valence-corrected chi connectivity index (χ3v) is 2.54. The summed E-state index contributed by atoms with van der Waals surface area (Å²) in [5.41, 5.74) is 1.18. The van der Waals surface area contributed by atoms with E-state index in [9.17, 15) is 4.79 Å². The highest BCUT2D eigenvalue weighted by Crippen LogP contribution is 2.11. The molecule has 1 N–H and O–H groups in total. The highest BCUT2D eigenvalue weighted by atomic mass is 16.5. The molecule has 4 nitrogen and oxygen atoms in total. The first-order valence-electron chi connectivity index (χ1n) is 6.65. The number of aryl methyl sites for hydroxylation is 1. The molecular formula is C15H23NO3. The fourth-order valence-corrected chi connectivity index (χ4v) is 1.64. The smallest absolute Gasteiger partial charge is 0.326 e. The number of benzene rings is 1. The van der Waals surface area contributed by atoms with E-state index in [2.05, 4.69) is 5.32 Å². The summed E-state index contributed by atoms with van der Waals surface area (Å²) < 4.78 is 10.7. The second-order valence-electron chi connectivity index (χ2n) is 4.75. The van der Waals surface area contributed by atoms with Gasteiger partial charge in [0, 0.05) is 6.04 Å². The predicted molar refractivity (Wildman–Crippen MR) is 75.4 cm³/mol. The lowest BCUT2D eigenvalue weighted by atomic mass is 10.2. The molecular weight excluding hydrogens is 242 g/mol. The molecule has 0 radical (unpaired) electrons. The molecule has 0 fully saturated rings. The van der Waals surface area contributed by atoms with E-state index in [-0.39, 0.29) is 18.6 Å². The number of carbonyl (C=O) groups is 1. The lowest BCUT2D eigenvalue weighted by Crippen LogP contribution is -2.45. The molecule has 0 saturated heterocycles. The van der Waals surface area contributed by atoms with Gasteiger partial charge < -0.3 is 9.47 Å². The minimum Gasteiger partial charge on any atom is -0.491 e. The van der Waals surface area contributed by atoms with E-state index >= 15 is 0 Å². The van der Waals surface area contributed by atoms with Crippen molar-refractivity contribution in [3.8, 4) is 5.75 Å². The molecule has 0 aliphatic carbocycles. The van der Waals surface area contributed by atoms with Gasteiger partial charge in [0.2, 0.25) is 0 Å². The van der Waals surface area contributed by atoms with Gasteiger partial charge in [-0.3, -0.25) is 10.1 Å². The zero-order valence-corrected chi connectivity index (χ0v) is 12.1. The number of rotatable bonds is 7. The summed E-state index contributed by atoms with van der Waals surface area (Å²) in [6.07, 6.45) is 0. The lowest BCUT2D eigenvalue weighted by Gasteiger charge is -2.20. The van der Waals surface area contributed by atoms with Crippen LogP contribution >= 0.6 is 0 Å². The molecule has 106 valence electrons. The Hall–Kier alpha value is -1.55. The van der Waals surface area contributed by atoms with Gasteiger partial charge in [0.25, 0.3) is 0 Å². The maximum atomic E-state index is 11.8. The van der Waals surface area contributed by atoms with Crippen molar-refractivity contribution in [3.05, 3.63) is 29.8 Å². The van der Waals surface area contributed by atoms with Gasteiger partial charge in [-0.25, -0.2) is 0 Å². The van der Waals surface area contributed by atoms with Gasteiger partial charge in [-0.2, -0.15) is 0 Å². The zero-order valence-electron chi connectivity index (χ0n) is 12.1. The molecule has 4 heteroatoms. The third-order valence-electron chi connectivity index (χ3n) is 2.54. The van der Waals surface area contributed by atoms with Crippen LogP contribution in [0, 0.1) is 6.92 Å². The van der Waals surface area contributed by atoms with E-state index in [1.807, 2.05) is 45.0 Å². The maximum absolute atomic E-state index is 11.8. The molecule has 19 heavy (non-hydrogen) atoms. The average molecular weight is 265 g/mol. The van der Waals surface area contributed by atoms with Crippen LogP contribution in [-0.4, -0.2) is 31.3 Å². The molecule has 0 heterocycles. The Labute approximate surface area is 115 Å². The summed E-state index contributed by atoms with van der Waals surface area (Å²) in [6, 6.07) is 7.49. The van der Waals surface area contributed by atoms with E-state index in [1.165, 1.54) is 5.56 Å². The molecule has 0 bridgehead atoms. The van der Waals surface area contributed by atoms with Crippen LogP contribution in [0.25, 0.3) is 0 Å². The molecule has 1 rings (SSSR count). The molecule has 1 aromatic carbocycles. The van der Waals surface area contributed by atoms with Crippen molar-refractivity contribution in [2.75, 3.05) is 13.2 Å². The van der Waals surface area contributed by atoms with E-state index in [4.69, 9.17) is 9.47 Å². The number of esters is 1. The van der Waals surface area contributed by atoms with E-state index in [0.29, 0.717) is 6.61 Å². The highest BCUT2D eigenvalue weighted by Gasteiger charge is 2.21. The molecule has 0 saturated carbocycles. The van der Waals surface area contributed by atoms with Gasteiger partial charge >= 0.3 is 5.97 Å². The molecule has 0 aliphatic heterocycles. The monoisotopic (exact) mass is 265 g/mol. The van der Waals surface area contributed by atoms with E-state index in [0.717, 1.165) is 5.75 Å². The van der Waals surface area contributed by atoms with Crippen molar-refractivity contribution in [1.29, 1.82) is 0 Å². The fraction of sp³-hybridized carbons (Fsp3) is 0.533. The predicted octanol–water partition coefficient (Wildman–Crippen LogP) is 2.30. The average Bonchev–Trinajstić information content (AvgIpc) is 2.36. The standard InChI is InChI=1S/C15H23NO3/c1-5-18-15(17)14(16-11(2)3)10-19-13-8-6-12(4)7-9-13/h6-9,11,14,16H,5,10H2,1-4H3. The third kappa shape index (κ3) is 5.75. The highest BCUT2D eigenvalue weighted by molar-refractivity contribution is 5.76. The van der Waals surface area contributed by atoms with Crippen molar-refractivity contribution >= 4 is 5.97 Å². The van der Waals surface area contributed by atoms with Crippen molar-refractivity contribution < 1.29 is 14.3 Å². The topological polar surface area (TPSA) is 47.6 Å². The van der Waals surface area contributed by atoms with Gasteiger partial charge in [-0.1, -0.05) is 31.5 Å². The summed E-state index contributed by atoms with van der Waals surface area (Å²) in [5, 5.41) is 3.15. The Morgan fingerprint density at radius 3 is 2.42 bits per heavy atom. The zero-order chi connectivity index (χ0) is 14.3. The minimum absolute atomic E-state index is 0.191. The second kappa shape index (κ2) is 7.79. The van der Waals surface area contributed by atoms with Crippen LogP contribution in [0.1, 0.15) is 26.3 Å². The first-order chi connectivity index (χ1) is 9.02. The Morgan fingerprint density at radius 1 is 1.26 bits per heavy atom. The van der Waals surface area contributed by atoms with Crippen molar-refractivity contribution in [1.82, 2.24) is 5.32 Å². The van der Waals surface area contributed by atoms with Crippen molar-refractivity contribution in [2.45, 2.75) is 39.8 Å². The van der Waals surface area contributed by atoms with Crippen LogP contribution in [0.4, 0.5) is 0 Å². The number of hydrogen-bond acceptors (Lipinski definition) is 4. The van der Waals surface area contributed by atoms with Crippen LogP contribution in [0.5, 0.6) is 5.75 Å². The summed E-state index contributed by atoms with van der Waals surface area (Å²) in [6.45, 7) is 8.42. The molecule has 1 atom stereocenters. The molecule has 0 aliphatic rings. The Kier molecular flexibility index (Phi) is 6.36. The summed E-state index contributed by atoms with van der Waals surface area (Å²) in [4.78, 5) is 11.8. The van der Waals surface area contributed by atoms with E-state index < -0.39 is 6.04 Å². The largest absolute Gasteiger partial charge is 0.491 e. The summed E-state index contributed by atoms with van der Waals surface area (Å²) in [7, 11) is 0. The minimum atomic E-state index is -0.443. The van der Waals surface area contributed by atoms with Crippen LogP contribution in [0.3, 0.4) is 0 Å². The van der Waals surface area contributed by atoms with E-state index in [1.54, 1.807) is 6.92 Å². The van der Waals surface area contributed by atoms with Crippen LogP contribution < -0.4 is 10.1 Å². The Morgan fingerprint density at radius 2 is 1.89 bits per heavy atom. The molecule has 0 amide bonds. The van der Waals surface area contributed by atoms with Crippen LogP contribution in [-0.2, 0) is 9.53 Å². The first-order valence-corrected chi connectivity index (χ1v) is 6.65. The van der Waals surface area contributed by atoms with Crippen LogP contribution in [0.15, 0.2) is 24.3 Å². The number of carbonyl (C=O) groups excluding carboxylic acids is 1. The molecule has 1 unspecified atom stereocenters. The summed E-state index contributed by atoms with van der Waals surface area (Å²) in [5.74, 6) is 0.480. The van der Waals surface area contributed by atoms with Gasteiger partial charge in [0.15, 0.2) is 0 Å². The lowest BCUT2D eigenvalue weighted by molar-refractivity contribution is -0.146. The normalized spacial score (nSPS) is 12.3. The number of hydrogen-bond donors (Lipinski definition) is 1. The first kappa shape index (κ1) is 15.5. The van der Waals surface area contributed by atoms with Crippen molar-refractivity contribution in [3.63, 3.8) is 0 Å². The SMILES string of the molecule is CCOC(=O)C(COc1ccc(C)cc1)NC(C)C. The Bertz CT molecular complexity index is 387. The quantitative estimate of drug-likeness (QED) is 0.769. The van der Waals surface area contributed by atoms with Crippen LogP contribution in [0.2, 0.25) is 0 Å². The maximum Gasteiger partial charge on any atom is 0.326 e. The summed E-state index contributed by atoms with van der Waals surface area (Å²) >= 11 is 0.